The topological polar surface area (TPSA) is 78.9 Å². The number of ether oxygens (including phenoxy) is 3. The molecule has 0 amide bonds. The van der Waals surface area contributed by atoms with Crippen LogP contribution in [0.25, 0.3) is 0 Å². The molecule has 6 heteroatoms. The zero-order valence-corrected chi connectivity index (χ0v) is 48.0. The van der Waals surface area contributed by atoms with Crippen molar-refractivity contribution in [2.45, 2.75) is 374 Å². The van der Waals surface area contributed by atoms with Gasteiger partial charge in [-0.1, -0.05) is 329 Å². The third-order valence-electron chi connectivity index (χ3n) is 15.2. The van der Waals surface area contributed by atoms with Crippen LogP contribution in [0.1, 0.15) is 368 Å². The van der Waals surface area contributed by atoms with Gasteiger partial charge in [0.1, 0.15) is 13.2 Å². The third-order valence-corrected chi connectivity index (χ3v) is 15.2. The van der Waals surface area contributed by atoms with Crippen LogP contribution in [0.3, 0.4) is 0 Å². The van der Waals surface area contributed by atoms with E-state index in [2.05, 4.69) is 27.7 Å². The Balaban J connectivity index is 4.22. The number of rotatable bonds is 59. The van der Waals surface area contributed by atoms with E-state index in [-0.39, 0.29) is 31.1 Å². The van der Waals surface area contributed by atoms with E-state index < -0.39 is 6.10 Å². The highest BCUT2D eigenvalue weighted by molar-refractivity contribution is 5.71. The molecule has 0 N–H and O–H groups in total. The van der Waals surface area contributed by atoms with Crippen LogP contribution in [0.5, 0.6) is 0 Å². The van der Waals surface area contributed by atoms with Crippen molar-refractivity contribution < 1.29 is 28.6 Å². The molecule has 0 aromatic heterocycles. The highest BCUT2D eigenvalue weighted by Crippen LogP contribution is 2.19. The maximum atomic E-state index is 12.9. The first kappa shape index (κ1) is 68.4. The van der Waals surface area contributed by atoms with Crippen molar-refractivity contribution in [2.24, 2.45) is 5.92 Å². The average Bonchev–Trinajstić information content (AvgIpc) is 3.36. The summed E-state index contributed by atoms with van der Waals surface area (Å²) in [7, 11) is 0. The van der Waals surface area contributed by atoms with Gasteiger partial charge >= 0.3 is 17.9 Å². The van der Waals surface area contributed by atoms with Gasteiger partial charge in [-0.05, 0) is 25.2 Å². The molecule has 0 radical (unpaired) electrons. The second-order valence-corrected chi connectivity index (χ2v) is 22.3. The van der Waals surface area contributed by atoms with Gasteiger partial charge in [-0.15, -0.1) is 0 Å². The first-order valence-electron chi connectivity index (χ1n) is 31.9. The lowest BCUT2D eigenvalue weighted by atomic mass is 9.99. The van der Waals surface area contributed by atoms with E-state index in [9.17, 15) is 14.4 Å². The normalized spacial score (nSPS) is 12.3. The van der Waals surface area contributed by atoms with Crippen LogP contribution < -0.4 is 0 Å². The quantitative estimate of drug-likeness (QED) is 0.0343. The Morgan fingerprint density at radius 3 is 0.743 bits per heavy atom. The molecule has 0 saturated carbocycles. The van der Waals surface area contributed by atoms with E-state index in [4.69, 9.17) is 14.2 Å². The molecular weight excluding hydrogens is 865 g/mol. The van der Waals surface area contributed by atoms with Crippen LogP contribution in [-0.2, 0) is 28.6 Å². The van der Waals surface area contributed by atoms with Gasteiger partial charge in [-0.2, -0.15) is 0 Å². The summed E-state index contributed by atoms with van der Waals surface area (Å²) < 4.78 is 16.9. The second-order valence-electron chi connectivity index (χ2n) is 22.3. The number of hydrogen-bond donors (Lipinski definition) is 0. The Morgan fingerprint density at radius 1 is 0.286 bits per heavy atom. The molecule has 0 aromatic carbocycles. The fourth-order valence-corrected chi connectivity index (χ4v) is 9.95. The summed E-state index contributed by atoms with van der Waals surface area (Å²) in [5.74, 6) is 0.0819. The lowest BCUT2D eigenvalue weighted by Gasteiger charge is -2.18. The first-order chi connectivity index (χ1) is 34.4. The minimum atomic E-state index is -0.762. The van der Waals surface area contributed by atoms with Gasteiger partial charge in [0.05, 0.1) is 0 Å². The molecule has 0 heterocycles. The Kier molecular flexibility index (Phi) is 57.0. The second kappa shape index (κ2) is 58.3. The maximum Gasteiger partial charge on any atom is 0.306 e. The molecule has 0 rings (SSSR count). The van der Waals surface area contributed by atoms with Crippen molar-refractivity contribution >= 4 is 17.9 Å². The minimum Gasteiger partial charge on any atom is -0.462 e. The lowest BCUT2D eigenvalue weighted by Crippen LogP contribution is -2.30. The Bertz CT molecular complexity index is 1060. The summed E-state index contributed by atoms with van der Waals surface area (Å²) in [6, 6.07) is 0. The van der Waals surface area contributed by atoms with E-state index in [1.807, 2.05) is 0 Å². The predicted molar refractivity (Wildman–Crippen MR) is 303 cm³/mol. The molecule has 0 fully saturated rings. The van der Waals surface area contributed by atoms with Gasteiger partial charge in [0, 0.05) is 19.3 Å². The summed E-state index contributed by atoms with van der Waals surface area (Å²) in [4.78, 5) is 38.3. The fourth-order valence-electron chi connectivity index (χ4n) is 9.95. The van der Waals surface area contributed by atoms with Crippen LogP contribution >= 0.6 is 0 Å². The first-order valence-corrected chi connectivity index (χ1v) is 31.9. The summed E-state index contributed by atoms with van der Waals surface area (Å²) in [6.45, 7) is 9.13. The van der Waals surface area contributed by atoms with Gasteiger partial charge in [0.25, 0.3) is 0 Å². The SMILES string of the molecule is CCCCCCCCCCCCCCCCCCCC(=O)OC[C@H](COC(=O)CCCCCCCCCCCCCCCCCCCCC(C)CC)OC(=O)CCCCCCCCCCCCCCC. The zero-order valence-electron chi connectivity index (χ0n) is 48.0. The minimum absolute atomic E-state index is 0.0612. The van der Waals surface area contributed by atoms with Crippen LogP contribution in [0.4, 0.5) is 0 Å². The molecule has 0 bridgehead atoms. The highest BCUT2D eigenvalue weighted by atomic mass is 16.6. The van der Waals surface area contributed by atoms with Crippen molar-refractivity contribution in [3.63, 3.8) is 0 Å². The molecule has 0 aromatic rings. The summed E-state index contributed by atoms with van der Waals surface area (Å²) in [5.41, 5.74) is 0. The molecule has 0 saturated heterocycles. The summed E-state index contributed by atoms with van der Waals surface area (Å²) in [5, 5.41) is 0. The molecule has 0 spiro atoms. The van der Waals surface area contributed by atoms with Gasteiger partial charge in [-0.25, -0.2) is 0 Å². The molecular formula is C64H124O6. The average molecular weight is 990 g/mol. The van der Waals surface area contributed by atoms with Crippen LogP contribution in [-0.4, -0.2) is 37.2 Å². The Labute approximate surface area is 438 Å². The largest absolute Gasteiger partial charge is 0.462 e. The molecule has 70 heavy (non-hydrogen) atoms. The smallest absolute Gasteiger partial charge is 0.306 e. The molecule has 2 atom stereocenters. The van der Waals surface area contributed by atoms with Crippen molar-refractivity contribution in [1.82, 2.24) is 0 Å². The fraction of sp³-hybridized carbons (Fsp3) is 0.953. The maximum absolute atomic E-state index is 12.9. The van der Waals surface area contributed by atoms with E-state index in [1.54, 1.807) is 0 Å². The number of carbonyl (C=O) groups is 3. The molecule has 0 aliphatic carbocycles. The predicted octanol–water partition coefficient (Wildman–Crippen LogP) is 21.4. The summed E-state index contributed by atoms with van der Waals surface area (Å²) >= 11 is 0. The van der Waals surface area contributed by atoms with E-state index in [0.29, 0.717) is 19.3 Å². The number of esters is 3. The molecule has 0 aliphatic heterocycles. The molecule has 1 unspecified atom stereocenters. The van der Waals surface area contributed by atoms with Crippen LogP contribution in [0.15, 0.2) is 0 Å². The molecule has 416 valence electrons. The highest BCUT2D eigenvalue weighted by Gasteiger charge is 2.19. The Morgan fingerprint density at radius 2 is 0.500 bits per heavy atom. The van der Waals surface area contributed by atoms with Gasteiger partial charge in [0.15, 0.2) is 6.10 Å². The zero-order chi connectivity index (χ0) is 50.9. The van der Waals surface area contributed by atoms with Gasteiger partial charge < -0.3 is 14.2 Å². The lowest BCUT2D eigenvalue weighted by molar-refractivity contribution is -0.167. The third kappa shape index (κ3) is 55.7. The van der Waals surface area contributed by atoms with Crippen molar-refractivity contribution in [2.75, 3.05) is 13.2 Å². The van der Waals surface area contributed by atoms with Crippen LogP contribution in [0, 0.1) is 5.92 Å². The number of hydrogen-bond acceptors (Lipinski definition) is 6. The van der Waals surface area contributed by atoms with Crippen molar-refractivity contribution in [1.29, 1.82) is 0 Å². The monoisotopic (exact) mass is 989 g/mol. The van der Waals surface area contributed by atoms with E-state index >= 15 is 0 Å². The van der Waals surface area contributed by atoms with Crippen LogP contribution in [0.2, 0.25) is 0 Å². The van der Waals surface area contributed by atoms with Crippen molar-refractivity contribution in [3.8, 4) is 0 Å². The van der Waals surface area contributed by atoms with Crippen molar-refractivity contribution in [3.05, 3.63) is 0 Å². The summed E-state index contributed by atoms with van der Waals surface area (Å²) in [6.07, 6.45) is 65.3. The van der Waals surface area contributed by atoms with E-state index in [1.165, 1.54) is 263 Å². The number of unbranched alkanes of at least 4 members (excludes halogenated alkanes) is 45. The van der Waals surface area contributed by atoms with Gasteiger partial charge in [-0.3, -0.25) is 14.4 Å². The van der Waals surface area contributed by atoms with E-state index in [0.717, 1.165) is 63.7 Å². The Hall–Kier alpha value is -1.59. The van der Waals surface area contributed by atoms with Gasteiger partial charge in [0.2, 0.25) is 0 Å². The molecule has 6 nitrogen and oxygen atoms in total. The number of carbonyl (C=O) groups excluding carboxylic acids is 3. The standard InChI is InChI=1S/C64H124O6/c1-5-8-10-12-14-16-18-20-21-24-28-32-35-39-43-47-51-55-62(65)68-58-61(70-64(67)57-53-49-45-41-37-30-19-17-15-13-11-9-6-2)59-69-63(66)56-52-48-44-40-36-33-29-26-23-22-25-27-31-34-38-42-46-50-54-60(4)7-3/h60-61H,5-59H2,1-4H3/t60?,61-/m1/s1. The molecule has 0 aliphatic rings.